The van der Waals surface area contributed by atoms with E-state index in [9.17, 15) is 9.18 Å². The van der Waals surface area contributed by atoms with Gasteiger partial charge in [0.25, 0.3) is 0 Å². The molecule has 2 aromatic carbocycles. The average Bonchev–Trinajstić information content (AvgIpc) is 2.46. The van der Waals surface area contributed by atoms with E-state index in [2.05, 4.69) is 20.8 Å². The normalized spacial score (nSPS) is 14.3. The van der Waals surface area contributed by atoms with Crippen LogP contribution in [0.5, 0.6) is 0 Å². The second-order valence-corrected chi connectivity index (χ2v) is 5.76. The Balaban J connectivity index is 1.94. The van der Waals surface area contributed by atoms with Gasteiger partial charge in [0.1, 0.15) is 5.82 Å². The summed E-state index contributed by atoms with van der Waals surface area (Å²) in [5.41, 5.74) is 2.25. The molecule has 0 bridgehead atoms. The van der Waals surface area contributed by atoms with E-state index in [1.807, 2.05) is 24.3 Å². The predicted molar refractivity (Wildman–Crippen MR) is 80.5 cm³/mol. The number of hydrogen-bond donors (Lipinski definition) is 0. The number of hydrogen-bond acceptors (Lipinski definition) is 2. The van der Waals surface area contributed by atoms with Gasteiger partial charge in [-0.05, 0) is 30.3 Å². The summed E-state index contributed by atoms with van der Waals surface area (Å²) in [6.45, 7) is 1.09. The maximum Gasteiger partial charge on any atom is 0.166 e. The highest BCUT2D eigenvalue weighted by Crippen LogP contribution is 2.29. The first-order valence-electron chi connectivity index (χ1n) is 6.46. The van der Waals surface area contributed by atoms with E-state index in [-0.39, 0.29) is 11.6 Å². The number of fused-ring (bicyclic) bond motifs is 1. The van der Waals surface area contributed by atoms with Crippen molar-refractivity contribution in [2.45, 2.75) is 13.0 Å². The molecule has 1 aliphatic rings. The SMILES string of the molecule is O=C1CCN(Cc2cc(Br)ccc2F)c2ccccc21. The lowest BCUT2D eigenvalue weighted by atomic mass is 10.00. The molecular weight excluding hydrogens is 321 g/mol. The van der Waals surface area contributed by atoms with Crippen LogP contribution in [0.1, 0.15) is 22.3 Å². The van der Waals surface area contributed by atoms with Gasteiger partial charge in [0, 0.05) is 40.8 Å². The zero-order valence-corrected chi connectivity index (χ0v) is 12.4. The Kier molecular flexibility index (Phi) is 3.57. The molecule has 2 nitrogen and oxygen atoms in total. The molecule has 0 N–H and O–H groups in total. The number of nitrogens with zero attached hydrogens (tertiary/aromatic N) is 1. The number of anilines is 1. The van der Waals surface area contributed by atoms with Gasteiger partial charge in [-0.15, -0.1) is 0 Å². The van der Waals surface area contributed by atoms with Gasteiger partial charge >= 0.3 is 0 Å². The standard InChI is InChI=1S/C16H13BrFNO/c17-12-5-6-14(18)11(9-12)10-19-8-7-16(20)13-3-1-2-4-15(13)19/h1-6,9H,7-8,10H2. The highest BCUT2D eigenvalue weighted by Gasteiger charge is 2.23. The molecule has 0 amide bonds. The minimum Gasteiger partial charge on any atom is -0.366 e. The van der Waals surface area contributed by atoms with Gasteiger partial charge in [-0.25, -0.2) is 4.39 Å². The number of rotatable bonds is 2. The van der Waals surface area contributed by atoms with Crippen molar-refractivity contribution in [3.63, 3.8) is 0 Å². The lowest BCUT2D eigenvalue weighted by Crippen LogP contribution is -2.31. The zero-order chi connectivity index (χ0) is 14.1. The molecule has 20 heavy (non-hydrogen) atoms. The van der Waals surface area contributed by atoms with Crippen molar-refractivity contribution in [1.29, 1.82) is 0 Å². The molecule has 0 aliphatic carbocycles. The highest BCUT2D eigenvalue weighted by molar-refractivity contribution is 9.10. The van der Waals surface area contributed by atoms with E-state index in [1.54, 1.807) is 12.1 Å². The van der Waals surface area contributed by atoms with Crippen LogP contribution in [0.3, 0.4) is 0 Å². The second-order valence-electron chi connectivity index (χ2n) is 4.85. The lowest BCUT2D eigenvalue weighted by molar-refractivity contribution is 0.0979. The molecule has 2 aromatic rings. The third-order valence-corrected chi connectivity index (χ3v) is 4.02. The maximum absolute atomic E-state index is 13.9. The van der Waals surface area contributed by atoms with Gasteiger partial charge < -0.3 is 4.90 Å². The van der Waals surface area contributed by atoms with E-state index in [0.717, 1.165) is 15.7 Å². The van der Waals surface area contributed by atoms with Crippen molar-refractivity contribution in [3.05, 3.63) is 63.9 Å². The molecule has 0 fully saturated rings. The molecule has 0 saturated carbocycles. The average molecular weight is 334 g/mol. The first-order chi connectivity index (χ1) is 9.65. The quantitative estimate of drug-likeness (QED) is 0.821. The zero-order valence-electron chi connectivity index (χ0n) is 10.8. The molecular formula is C16H13BrFNO. The van der Waals surface area contributed by atoms with Gasteiger partial charge in [0.2, 0.25) is 0 Å². The Bertz CT molecular complexity index is 671. The third kappa shape index (κ3) is 2.48. The van der Waals surface area contributed by atoms with E-state index < -0.39 is 0 Å². The molecule has 1 heterocycles. The lowest BCUT2D eigenvalue weighted by Gasteiger charge is -2.30. The van der Waals surface area contributed by atoms with Crippen LogP contribution in [0.4, 0.5) is 10.1 Å². The number of para-hydroxylation sites is 1. The Morgan fingerprint density at radius 1 is 1.20 bits per heavy atom. The van der Waals surface area contributed by atoms with Crippen LogP contribution in [0.25, 0.3) is 0 Å². The van der Waals surface area contributed by atoms with Crippen molar-refractivity contribution in [2.24, 2.45) is 0 Å². The minimum absolute atomic E-state index is 0.159. The molecule has 102 valence electrons. The largest absolute Gasteiger partial charge is 0.366 e. The third-order valence-electron chi connectivity index (χ3n) is 3.52. The summed E-state index contributed by atoms with van der Waals surface area (Å²) in [6.07, 6.45) is 0.479. The fourth-order valence-corrected chi connectivity index (χ4v) is 2.92. The number of halogens is 2. The summed E-state index contributed by atoms with van der Waals surface area (Å²) in [5.74, 6) is -0.0610. The first kappa shape index (κ1) is 13.3. The summed E-state index contributed by atoms with van der Waals surface area (Å²) in [7, 11) is 0. The van der Waals surface area contributed by atoms with E-state index in [0.29, 0.717) is 25.1 Å². The molecule has 0 radical (unpaired) electrons. The van der Waals surface area contributed by atoms with Crippen molar-refractivity contribution < 1.29 is 9.18 Å². The van der Waals surface area contributed by atoms with Crippen LogP contribution < -0.4 is 4.90 Å². The molecule has 0 aromatic heterocycles. The predicted octanol–water partition coefficient (Wildman–Crippen LogP) is 4.18. The number of carbonyl (C=O) groups excluding carboxylic acids is 1. The summed E-state index contributed by atoms with van der Waals surface area (Å²) in [6, 6.07) is 12.5. The van der Waals surface area contributed by atoms with E-state index in [1.165, 1.54) is 6.07 Å². The van der Waals surface area contributed by atoms with Gasteiger partial charge in [-0.2, -0.15) is 0 Å². The van der Waals surface area contributed by atoms with Crippen LogP contribution in [0.2, 0.25) is 0 Å². The maximum atomic E-state index is 13.9. The summed E-state index contributed by atoms with van der Waals surface area (Å²) >= 11 is 3.36. The smallest absolute Gasteiger partial charge is 0.166 e. The monoisotopic (exact) mass is 333 g/mol. The Morgan fingerprint density at radius 3 is 2.85 bits per heavy atom. The Morgan fingerprint density at radius 2 is 2.00 bits per heavy atom. The van der Waals surface area contributed by atoms with Gasteiger partial charge in [0.05, 0.1) is 0 Å². The van der Waals surface area contributed by atoms with Crippen molar-refractivity contribution in [1.82, 2.24) is 0 Å². The van der Waals surface area contributed by atoms with Crippen LogP contribution in [-0.2, 0) is 6.54 Å². The van der Waals surface area contributed by atoms with Crippen LogP contribution in [0.15, 0.2) is 46.9 Å². The molecule has 3 rings (SSSR count). The van der Waals surface area contributed by atoms with Crippen LogP contribution in [0, 0.1) is 5.82 Å². The van der Waals surface area contributed by atoms with Crippen molar-refractivity contribution in [3.8, 4) is 0 Å². The fourth-order valence-electron chi connectivity index (χ4n) is 2.51. The Labute approximate surface area is 125 Å². The van der Waals surface area contributed by atoms with Gasteiger partial charge in [-0.3, -0.25) is 4.79 Å². The van der Waals surface area contributed by atoms with Gasteiger partial charge in [-0.1, -0.05) is 28.1 Å². The molecule has 1 aliphatic heterocycles. The summed E-state index contributed by atoms with van der Waals surface area (Å²) in [5, 5.41) is 0. The number of benzene rings is 2. The van der Waals surface area contributed by atoms with Crippen molar-refractivity contribution >= 4 is 27.4 Å². The topological polar surface area (TPSA) is 20.3 Å². The molecule has 4 heteroatoms. The van der Waals surface area contributed by atoms with Gasteiger partial charge in [0.15, 0.2) is 5.78 Å². The molecule has 0 saturated heterocycles. The Hall–Kier alpha value is -1.68. The number of carbonyl (C=O) groups is 1. The number of Topliss-reactive ketones (excluding diaryl/α,β-unsaturated/α-hetero) is 1. The molecule has 0 atom stereocenters. The second kappa shape index (κ2) is 5.37. The summed E-state index contributed by atoms with van der Waals surface area (Å²) in [4.78, 5) is 14.0. The molecule has 0 spiro atoms. The van der Waals surface area contributed by atoms with E-state index >= 15 is 0 Å². The van der Waals surface area contributed by atoms with Crippen LogP contribution >= 0.6 is 15.9 Å². The summed E-state index contributed by atoms with van der Waals surface area (Å²) < 4.78 is 14.7. The van der Waals surface area contributed by atoms with E-state index in [4.69, 9.17) is 0 Å². The van der Waals surface area contributed by atoms with Crippen LogP contribution in [-0.4, -0.2) is 12.3 Å². The first-order valence-corrected chi connectivity index (χ1v) is 7.25. The fraction of sp³-hybridized carbons (Fsp3) is 0.188. The number of ketones is 1. The van der Waals surface area contributed by atoms with Crippen molar-refractivity contribution in [2.75, 3.05) is 11.4 Å². The minimum atomic E-state index is -0.220. The highest BCUT2D eigenvalue weighted by atomic mass is 79.9. The molecule has 0 unspecified atom stereocenters.